The molecule has 0 heterocycles. The Kier molecular flexibility index (Phi) is 2.95. The number of anilines is 2. The molecule has 0 aliphatic rings. The van der Waals surface area contributed by atoms with E-state index in [1.54, 1.807) is 0 Å². The summed E-state index contributed by atoms with van der Waals surface area (Å²) in [7, 11) is 0. The van der Waals surface area contributed by atoms with Gasteiger partial charge in [0.05, 0.1) is 0 Å². The Morgan fingerprint density at radius 3 is 1.27 bits per heavy atom. The maximum atomic E-state index is 5.63. The zero-order valence-electron chi connectivity index (χ0n) is 8.18. The second kappa shape index (κ2) is 4.39. The Balaban J connectivity index is 2.15. The minimum atomic E-state index is 0.335. The van der Waals surface area contributed by atoms with Gasteiger partial charge in [-0.2, -0.15) is 0 Å². The van der Waals surface area contributed by atoms with E-state index in [9.17, 15) is 0 Å². The average molecular weight is 263 g/mol. The van der Waals surface area contributed by atoms with Crippen molar-refractivity contribution < 1.29 is 0 Å². The Morgan fingerprint density at radius 2 is 0.933 bits per heavy atom. The van der Waals surface area contributed by atoms with Gasteiger partial charge in [-0.3, -0.25) is 0 Å². The van der Waals surface area contributed by atoms with Crippen molar-refractivity contribution in [3.05, 3.63) is 48.5 Å². The van der Waals surface area contributed by atoms with E-state index in [0.29, 0.717) is 15.0 Å². The standard InChI is InChI=1S/C12H12N2Se/c13-9-1-5-11(6-2-9)15-12-7-3-10(14)4-8-12/h1-8H,13-14H2. The number of hydrogen-bond donors (Lipinski definition) is 2. The normalized spacial score (nSPS) is 10.1. The van der Waals surface area contributed by atoms with Crippen LogP contribution >= 0.6 is 0 Å². The van der Waals surface area contributed by atoms with Gasteiger partial charge in [-0.25, -0.2) is 0 Å². The van der Waals surface area contributed by atoms with E-state index >= 15 is 0 Å². The zero-order valence-corrected chi connectivity index (χ0v) is 9.89. The van der Waals surface area contributed by atoms with Crippen molar-refractivity contribution in [3.8, 4) is 0 Å². The molecule has 0 radical (unpaired) electrons. The van der Waals surface area contributed by atoms with E-state index in [0.717, 1.165) is 11.4 Å². The molecule has 0 saturated carbocycles. The molecule has 0 aliphatic carbocycles. The van der Waals surface area contributed by atoms with Crippen molar-refractivity contribution in [2.24, 2.45) is 0 Å². The van der Waals surface area contributed by atoms with Gasteiger partial charge in [0.25, 0.3) is 0 Å². The second-order valence-electron chi connectivity index (χ2n) is 3.24. The van der Waals surface area contributed by atoms with E-state index in [1.165, 1.54) is 8.92 Å². The van der Waals surface area contributed by atoms with Gasteiger partial charge in [0.15, 0.2) is 0 Å². The van der Waals surface area contributed by atoms with Gasteiger partial charge in [-0.1, -0.05) is 0 Å². The Bertz CT molecular complexity index is 391. The summed E-state index contributed by atoms with van der Waals surface area (Å²) in [5.41, 5.74) is 12.9. The summed E-state index contributed by atoms with van der Waals surface area (Å²) in [5, 5.41) is 0. The molecule has 2 aromatic rings. The molecule has 2 rings (SSSR count). The van der Waals surface area contributed by atoms with Crippen molar-refractivity contribution >= 4 is 35.3 Å². The number of hydrogen-bond acceptors (Lipinski definition) is 2. The fourth-order valence-corrected chi connectivity index (χ4v) is 2.92. The van der Waals surface area contributed by atoms with E-state index in [4.69, 9.17) is 11.5 Å². The first-order valence-corrected chi connectivity index (χ1v) is 6.34. The van der Waals surface area contributed by atoms with E-state index in [-0.39, 0.29) is 0 Å². The number of benzene rings is 2. The third kappa shape index (κ3) is 2.75. The minimum absolute atomic E-state index is 0.335. The first kappa shape index (κ1) is 10.1. The van der Waals surface area contributed by atoms with Crippen LogP contribution < -0.4 is 20.4 Å². The van der Waals surface area contributed by atoms with Crippen LogP contribution in [0.1, 0.15) is 0 Å². The molecule has 2 nitrogen and oxygen atoms in total. The Labute approximate surface area is 95.4 Å². The SMILES string of the molecule is Nc1ccc([Se]c2ccc(N)cc2)cc1. The molecule has 0 atom stereocenters. The number of nitrogen functional groups attached to an aromatic ring is 2. The van der Waals surface area contributed by atoms with Gasteiger partial charge in [0.1, 0.15) is 0 Å². The number of rotatable bonds is 2. The number of nitrogens with two attached hydrogens (primary N) is 2. The van der Waals surface area contributed by atoms with Gasteiger partial charge in [-0.15, -0.1) is 0 Å². The van der Waals surface area contributed by atoms with Crippen molar-refractivity contribution in [2.45, 2.75) is 0 Å². The van der Waals surface area contributed by atoms with Crippen molar-refractivity contribution in [1.29, 1.82) is 0 Å². The maximum absolute atomic E-state index is 5.63. The summed E-state index contributed by atoms with van der Waals surface area (Å²) in [6, 6.07) is 16.1. The van der Waals surface area contributed by atoms with Crippen LogP contribution in [0.5, 0.6) is 0 Å². The first-order valence-electron chi connectivity index (χ1n) is 4.63. The fraction of sp³-hybridized carbons (Fsp3) is 0. The molecule has 0 aliphatic heterocycles. The summed E-state index contributed by atoms with van der Waals surface area (Å²) in [4.78, 5) is 0. The summed E-state index contributed by atoms with van der Waals surface area (Å²) in [6.45, 7) is 0. The van der Waals surface area contributed by atoms with Crippen LogP contribution in [0.2, 0.25) is 0 Å². The molecule has 76 valence electrons. The van der Waals surface area contributed by atoms with Gasteiger partial charge in [-0.05, 0) is 0 Å². The van der Waals surface area contributed by atoms with Crippen LogP contribution in [-0.2, 0) is 0 Å². The third-order valence-corrected chi connectivity index (χ3v) is 4.13. The van der Waals surface area contributed by atoms with Gasteiger partial charge < -0.3 is 0 Å². The fourth-order valence-electron chi connectivity index (χ4n) is 1.21. The average Bonchev–Trinajstić information content (AvgIpc) is 2.25. The molecule has 0 bridgehead atoms. The summed E-state index contributed by atoms with van der Waals surface area (Å²) < 4.78 is 2.64. The molecule has 0 unspecified atom stereocenters. The molecule has 0 saturated heterocycles. The topological polar surface area (TPSA) is 52.0 Å². The summed E-state index contributed by atoms with van der Waals surface area (Å²) in [6.07, 6.45) is 0. The van der Waals surface area contributed by atoms with Crippen molar-refractivity contribution in [1.82, 2.24) is 0 Å². The molecule has 0 fully saturated rings. The molecular weight excluding hydrogens is 251 g/mol. The summed E-state index contributed by atoms with van der Waals surface area (Å²) >= 11 is 0.335. The predicted octanol–water partition coefficient (Wildman–Crippen LogP) is 0.506. The van der Waals surface area contributed by atoms with Crippen molar-refractivity contribution in [2.75, 3.05) is 11.5 Å². The quantitative estimate of drug-likeness (QED) is 0.612. The molecule has 0 amide bonds. The van der Waals surface area contributed by atoms with Gasteiger partial charge >= 0.3 is 95.3 Å². The van der Waals surface area contributed by atoms with Crippen LogP contribution in [0.4, 0.5) is 11.4 Å². The Hall–Kier alpha value is -1.44. The van der Waals surface area contributed by atoms with Crippen molar-refractivity contribution in [3.63, 3.8) is 0 Å². The summed E-state index contributed by atoms with van der Waals surface area (Å²) in [5.74, 6) is 0. The zero-order chi connectivity index (χ0) is 10.7. The van der Waals surface area contributed by atoms with Crippen LogP contribution in [0, 0.1) is 0 Å². The third-order valence-electron chi connectivity index (χ3n) is 2.00. The van der Waals surface area contributed by atoms with Crippen LogP contribution in [0.25, 0.3) is 0 Å². The van der Waals surface area contributed by atoms with E-state index < -0.39 is 0 Å². The van der Waals surface area contributed by atoms with Crippen LogP contribution in [0.3, 0.4) is 0 Å². The molecule has 4 N–H and O–H groups in total. The Morgan fingerprint density at radius 1 is 0.600 bits per heavy atom. The molecule has 2 aromatic carbocycles. The van der Waals surface area contributed by atoms with E-state index in [1.807, 2.05) is 24.3 Å². The molecule has 3 heteroatoms. The van der Waals surface area contributed by atoms with Crippen LogP contribution in [0.15, 0.2) is 48.5 Å². The van der Waals surface area contributed by atoms with Gasteiger partial charge in [0, 0.05) is 0 Å². The van der Waals surface area contributed by atoms with E-state index in [2.05, 4.69) is 24.3 Å². The molecule has 0 spiro atoms. The van der Waals surface area contributed by atoms with Gasteiger partial charge in [0.2, 0.25) is 0 Å². The molecule has 15 heavy (non-hydrogen) atoms. The monoisotopic (exact) mass is 264 g/mol. The van der Waals surface area contributed by atoms with Crippen LogP contribution in [-0.4, -0.2) is 15.0 Å². The predicted molar refractivity (Wildman–Crippen MR) is 66.7 cm³/mol. The second-order valence-corrected chi connectivity index (χ2v) is 5.65. The first-order chi connectivity index (χ1) is 7.24. The molecular formula is C12H12N2Se. The molecule has 0 aromatic heterocycles.